The highest BCUT2D eigenvalue weighted by Gasteiger charge is 2.19. The summed E-state index contributed by atoms with van der Waals surface area (Å²) >= 11 is 1.41. The van der Waals surface area contributed by atoms with Gasteiger partial charge in [-0.05, 0) is 38.0 Å². The number of aromatic nitrogens is 3. The minimum absolute atomic E-state index is 0.0245. The Morgan fingerprint density at radius 2 is 1.93 bits per heavy atom. The molecule has 3 rings (SSSR count). The van der Waals surface area contributed by atoms with Crippen molar-refractivity contribution in [2.45, 2.75) is 32.0 Å². The average molecular weight is 381 g/mol. The highest BCUT2D eigenvalue weighted by atomic mass is 32.2. The van der Waals surface area contributed by atoms with E-state index < -0.39 is 0 Å². The van der Waals surface area contributed by atoms with Gasteiger partial charge in [0.05, 0.1) is 17.5 Å². The average Bonchev–Trinajstić information content (AvgIpc) is 3.14. The van der Waals surface area contributed by atoms with E-state index in [1.807, 2.05) is 48.9 Å². The number of carbonyl (C=O) groups excluding carboxylic acids is 1. The maximum Gasteiger partial charge on any atom is 0.233 e. The molecule has 0 saturated carbocycles. The van der Waals surface area contributed by atoms with Gasteiger partial charge in [-0.25, -0.2) is 0 Å². The van der Waals surface area contributed by atoms with Crippen LogP contribution in [0.15, 0.2) is 60.0 Å². The lowest BCUT2D eigenvalue weighted by molar-refractivity contribution is -0.128. The fourth-order valence-corrected chi connectivity index (χ4v) is 3.81. The Kier molecular flexibility index (Phi) is 5.96. The van der Waals surface area contributed by atoms with Crippen molar-refractivity contribution in [2.24, 2.45) is 0 Å². The highest BCUT2D eigenvalue weighted by molar-refractivity contribution is 7.99. The Balaban J connectivity index is 1.69. The smallest absolute Gasteiger partial charge is 0.233 e. The lowest BCUT2D eigenvalue weighted by Crippen LogP contribution is -2.31. The molecule has 0 radical (unpaired) electrons. The van der Waals surface area contributed by atoms with Crippen molar-refractivity contribution in [1.29, 1.82) is 0 Å². The van der Waals surface area contributed by atoms with Crippen molar-refractivity contribution in [3.05, 3.63) is 71.5 Å². The van der Waals surface area contributed by atoms with Crippen LogP contribution in [0.4, 0.5) is 0 Å². The number of thioether (sulfide) groups is 1. The largest absolute Gasteiger partial charge is 0.338 e. The predicted octanol–water partition coefficient (Wildman–Crippen LogP) is 4.20. The van der Waals surface area contributed by atoms with Crippen molar-refractivity contribution < 1.29 is 4.79 Å². The molecule has 0 spiro atoms. The Bertz CT molecular complexity index is 923. The van der Waals surface area contributed by atoms with Crippen LogP contribution < -0.4 is 0 Å². The Morgan fingerprint density at radius 3 is 2.63 bits per heavy atom. The number of amides is 1. The Hall–Kier alpha value is -2.60. The molecule has 0 aliphatic heterocycles. The highest BCUT2D eigenvalue weighted by Crippen LogP contribution is 2.24. The Labute approximate surface area is 164 Å². The summed E-state index contributed by atoms with van der Waals surface area (Å²) in [5.41, 5.74) is 4.52. The van der Waals surface area contributed by atoms with E-state index in [2.05, 4.69) is 42.2 Å². The molecule has 0 fully saturated rings. The van der Waals surface area contributed by atoms with Crippen molar-refractivity contribution in [3.8, 4) is 5.69 Å². The maximum absolute atomic E-state index is 12.7. The molecule has 2 aromatic carbocycles. The molecule has 1 amide bonds. The van der Waals surface area contributed by atoms with Gasteiger partial charge >= 0.3 is 0 Å². The summed E-state index contributed by atoms with van der Waals surface area (Å²) in [7, 11) is 1.84. The van der Waals surface area contributed by atoms with E-state index in [0.717, 1.165) is 22.0 Å². The second kappa shape index (κ2) is 8.39. The minimum Gasteiger partial charge on any atom is -0.338 e. The molecule has 140 valence electrons. The molecule has 6 heteroatoms. The zero-order valence-corrected chi connectivity index (χ0v) is 16.9. The van der Waals surface area contributed by atoms with E-state index in [1.165, 1.54) is 17.3 Å². The lowest BCUT2D eigenvalue weighted by Gasteiger charge is -2.25. The molecule has 0 unspecified atom stereocenters. The second-order valence-electron chi connectivity index (χ2n) is 6.65. The van der Waals surface area contributed by atoms with Gasteiger partial charge in [-0.2, -0.15) is 0 Å². The molecule has 27 heavy (non-hydrogen) atoms. The Morgan fingerprint density at radius 1 is 1.19 bits per heavy atom. The molecule has 0 bridgehead atoms. The number of aryl methyl sites for hydroxylation is 2. The lowest BCUT2D eigenvalue weighted by atomic mass is 10.1. The molecule has 3 aromatic rings. The number of benzene rings is 2. The number of hydrogen-bond donors (Lipinski definition) is 0. The molecular weight excluding hydrogens is 356 g/mol. The summed E-state index contributed by atoms with van der Waals surface area (Å²) in [6, 6.07) is 16.3. The topological polar surface area (TPSA) is 51.0 Å². The van der Waals surface area contributed by atoms with Gasteiger partial charge in [0.25, 0.3) is 0 Å². The van der Waals surface area contributed by atoms with Crippen LogP contribution in [0.5, 0.6) is 0 Å². The van der Waals surface area contributed by atoms with Gasteiger partial charge in [0.15, 0.2) is 5.16 Å². The molecule has 5 nitrogen and oxygen atoms in total. The fourth-order valence-electron chi connectivity index (χ4n) is 2.96. The number of carbonyl (C=O) groups is 1. The van der Waals surface area contributed by atoms with Gasteiger partial charge in [0, 0.05) is 7.05 Å². The monoisotopic (exact) mass is 380 g/mol. The summed E-state index contributed by atoms with van der Waals surface area (Å²) in [5.74, 6) is 0.378. The number of rotatable bonds is 6. The van der Waals surface area contributed by atoms with Crippen LogP contribution in [0.25, 0.3) is 5.69 Å². The van der Waals surface area contributed by atoms with Crippen molar-refractivity contribution in [2.75, 3.05) is 12.8 Å². The van der Waals surface area contributed by atoms with Gasteiger partial charge < -0.3 is 4.90 Å². The van der Waals surface area contributed by atoms with Crippen LogP contribution in [0.1, 0.15) is 29.7 Å². The van der Waals surface area contributed by atoms with Crippen LogP contribution in [-0.2, 0) is 4.79 Å². The molecular formula is C21H24N4OS. The first-order chi connectivity index (χ1) is 13.0. The number of hydrogen-bond acceptors (Lipinski definition) is 4. The van der Waals surface area contributed by atoms with Gasteiger partial charge in [-0.1, -0.05) is 59.8 Å². The van der Waals surface area contributed by atoms with E-state index in [0.29, 0.717) is 5.75 Å². The molecule has 0 N–H and O–H groups in total. The molecule has 0 saturated heterocycles. The molecule has 1 atom stereocenters. The predicted molar refractivity (Wildman–Crippen MR) is 109 cm³/mol. The van der Waals surface area contributed by atoms with Crippen molar-refractivity contribution >= 4 is 17.7 Å². The van der Waals surface area contributed by atoms with E-state index in [4.69, 9.17) is 0 Å². The first-order valence-electron chi connectivity index (χ1n) is 8.88. The summed E-state index contributed by atoms with van der Waals surface area (Å²) in [4.78, 5) is 14.4. The van der Waals surface area contributed by atoms with Gasteiger partial charge in [0.2, 0.25) is 5.91 Å². The van der Waals surface area contributed by atoms with Crippen LogP contribution in [-0.4, -0.2) is 38.4 Å². The summed E-state index contributed by atoms with van der Waals surface area (Å²) in [6.45, 7) is 6.17. The summed E-state index contributed by atoms with van der Waals surface area (Å²) in [5, 5.41) is 8.95. The first kappa shape index (κ1) is 19.2. The van der Waals surface area contributed by atoms with Gasteiger partial charge in [-0.15, -0.1) is 10.2 Å². The van der Waals surface area contributed by atoms with Crippen LogP contribution in [0.2, 0.25) is 0 Å². The summed E-state index contributed by atoms with van der Waals surface area (Å²) in [6.07, 6.45) is 1.70. The van der Waals surface area contributed by atoms with Crippen molar-refractivity contribution in [3.63, 3.8) is 0 Å². The van der Waals surface area contributed by atoms with Crippen LogP contribution in [0, 0.1) is 13.8 Å². The van der Waals surface area contributed by atoms with Gasteiger partial charge in [-0.3, -0.25) is 9.36 Å². The quantitative estimate of drug-likeness (QED) is 0.602. The third-order valence-electron chi connectivity index (χ3n) is 4.71. The van der Waals surface area contributed by atoms with Gasteiger partial charge in [0.1, 0.15) is 6.33 Å². The van der Waals surface area contributed by atoms with E-state index in [1.54, 1.807) is 11.2 Å². The molecule has 0 aliphatic carbocycles. The maximum atomic E-state index is 12.7. The minimum atomic E-state index is 0.0245. The van der Waals surface area contributed by atoms with Crippen LogP contribution in [0.3, 0.4) is 0 Å². The summed E-state index contributed by atoms with van der Waals surface area (Å²) < 4.78 is 1.94. The zero-order valence-electron chi connectivity index (χ0n) is 16.1. The fraction of sp³-hybridized carbons (Fsp3) is 0.286. The van der Waals surface area contributed by atoms with E-state index in [-0.39, 0.29) is 11.9 Å². The molecule has 1 aromatic heterocycles. The molecule has 1 heterocycles. The third kappa shape index (κ3) is 4.39. The zero-order chi connectivity index (χ0) is 19.4. The van der Waals surface area contributed by atoms with E-state index >= 15 is 0 Å². The SMILES string of the molecule is Cc1ccc(-n2cnnc2SCC(=O)N(C)[C@@H](C)c2ccccc2)c(C)c1. The van der Waals surface area contributed by atoms with Crippen LogP contribution >= 0.6 is 11.8 Å². The first-order valence-corrected chi connectivity index (χ1v) is 9.87. The third-order valence-corrected chi connectivity index (χ3v) is 5.64. The second-order valence-corrected chi connectivity index (χ2v) is 7.60. The normalized spacial score (nSPS) is 12.0. The van der Waals surface area contributed by atoms with E-state index in [9.17, 15) is 4.79 Å². The molecule has 0 aliphatic rings. The van der Waals surface area contributed by atoms with Crippen molar-refractivity contribution in [1.82, 2.24) is 19.7 Å². The standard InChI is InChI=1S/C21H24N4OS/c1-15-10-11-19(16(2)12-15)25-14-22-23-21(25)27-13-20(26)24(4)17(3)18-8-6-5-7-9-18/h5-12,14,17H,13H2,1-4H3/t17-/m0/s1. The number of nitrogens with zero attached hydrogens (tertiary/aromatic N) is 4.